The van der Waals surface area contributed by atoms with Crippen molar-refractivity contribution >= 4 is 0 Å². The minimum atomic E-state index is -2.14. The maximum Gasteiger partial charge on any atom is 0.224 e. The molecule has 0 fully saturated rings. The van der Waals surface area contributed by atoms with Gasteiger partial charge in [0, 0.05) is 17.3 Å². The highest BCUT2D eigenvalue weighted by Gasteiger charge is 2.32. The molecular formula is C18H15F2N5O2. The second kappa shape index (κ2) is 8.44. The molecule has 7 nitrogen and oxygen atoms in total. The first-order valence-corrected chi connectivity index (χ1v) is 7.95. The zero-order valence-electron chi connectivity index (χ0n) is 13.9. The van der Waals surface area contributed by atoms with Gasteiger partial charge in [0.25, 0.3) is 0 Å². The summed E-state index contributed by atoms with van der Waals surface area (Å²) in [4.78, 5) is 3.90. The summed E-state index contributed by atoms with van der Waals surface area (Å²) in [5, 5.41) is 28.6. The monoisotopic (exact) mass is 371 g/mol. The molecule has 2 aromatic heterocycles. The van der Waals surface area contributed by atoms with Crippen molar-refractivity contribution in [1.29, 1.82) is 0 Å². The molecule has 0 aliphatic rings. The fraction of sp³-hybridized carbons (Fsp3) is 0.222. The molecular weight excluding hydrogens is 356 g/mol. The number of aliphatic hydroxyl groups excluding tert-OH is 2. The van der Waals surface area contributed by atoms with Crippen molar-refractivity contribution in [3.63, 3.8) is 0 Å². The van der Waals surface area contributed by atoms with Crippen LogP contribution in [0.4, 0.5) is 8.78 Å². The summed E-state index contributed by atoms with van der Waals surface area (Å²) in [6, 6.07) is 9.93. The van der Waals surface area contributed by atoms with Crippen molar-refractivity contribution in [2.45, 2.75) is 25.2 Å². The Morgan fingerprint density at radius 1 is 1.04 bits per heavy atom. The van der Waals surface area contributed by atoms with Crippen LogP contribution >= 0.6 is 0 Å². The van der Waals surface area contributed by atoms with Gasteiger partial charge in [0.1, 0.15) is 12.4 Å². The molecule has 3 unspecified atom stereocenters. The maximum atomic E-state index is 14.3. The highest BCUT2D eigenvalue weighted by Crippen LogP contribution is 2.27. The topological polar surface area (TPSA) is 97.0 Å². The third-order valence-corrected chi connectivity index (χ3v) is 3.76. The number of pyridine rings is 1. The lowest BCUT2D eigenvalue weighted by Gasteiger charge is -2.18. The van der Waals surface area contributed by atoms with Crippen molar-refractivity contribution in [1.82, 2.24) is 25.2 Å². The number of halogens is 2. The molecule has 0 aliphatic carbocycles. The summed E-state index contributed by atoms with van der Waals surface area (Å²) in [6.45, 7) is -0.0392. The van der Waals surface area contributed by atoms with Gasteiger partial charge in [-0.25, -0.2) is 8.78 Å². The summed E-state index contributed by atoms with van der Waals surface area (Å²) in [6.07, 6.45) is -3.92. The third-order valence-electron chi connectivity index (χ3n) is 3.76. The van der Waals surface area contributed by atoms with E-state index in [1.807, 2.05) is 0 Å². The van der Waals surface area contributed by atoms with Crippen molar-refractivity contribution < 1.29 is 19.0 Å². The average Bonchev–Trinajstić information content (AvgIpc) is 3.26. The second-order valence-corrected chi connectivity index (χ2v) is 5.63. The van der Waals surface area contributed by atoms with E-state index in [0.717, 1.165) is 17.5 Å². The number of nitrogens with zero attached hydrogens (tertiary/aromatic N) is 5. The molecule has 0 spiro atoms. The van der Waals surface area contributed by atoms with Gasteiger partial charge in [0.15, 0.2) is 6.17 Å². The first-order valence-electron chi connectivity index (χ1n) is 7.95. The van der Waals surface area contributed by atoms with Gasteiger partial charge in [-0.1, -0.05) is 24.0 Å². The molecule has 3 atom stereocenters. The van der Waals surface area contributed by atoms with Crippen molar-refractivity contribution in [3.8, 4) is 11.8 Å². The minimum absolute atomic E-state index is 0.0392. The van der Waals surface area contributed by atoms with Gasteiger partial charge < -0.3 is 10.2 Å². The van der Waals surface area contributed by atoms with Crippen LogP contribution in [0.5, 0.6) is 0 Å². The van der Waals surface area contributed by atoms with Crippen LogP contribution in [-0.4, -0.2) is 41.5 Å². The predicted octanol–water partition coefficient (Wildman–Crippen LogP) is 1.50. The average molecular weight is 371 g/mol. The van der Waals surface area contributed by atoms with Crippen LogP contribution in [0, 0.1) is 11.8 Å². The van der Waals surface area contributed by atoms with E-state index in [2.05, 4.69) is 32.4 Å². The van der Waals surface area contributed by atoms with E-state index in [-0.39, 0.29) is 12.3 Å². The maximum absolute atomic E-state index is 14.3. The molecule has 9 heteroatoms. The van der Waals surface area contributed by atoms with Crippen LogP contribution in [0.3, 0.4) is 0 Å². The van der Waals surface area contributed by atoms with Gasteiger partial charge in [-0.05, 0) is 40.3 Å². The van der Waals surface area contributed by atoms with Gasteiger partial charge in [-0.3, -0.25) is 4.98 Å². The Balaban J connectivity index is 1.68. The molecule has 2 heterocycles. The number of benzene rings is 1. The van der Waals surface area contributed by atoms with Crippen molar-refractivity contribution in [2.75, 3.05) is 0 Å². The fourth-order valence-corrected chi connectivity index (χ4v) is 2.23. The summed E-state index contributed by atoms with van der Waals surface area (Å²) in [5.74, 6) is 5.79. The van der Waals surface area contributed by atoms with E-state index in [0.29, 0.717) is 10.2 Å². The zero-order chi connectivity index (χ0) is 19.2. The van der Waals surface area contributed by atoms with Crippen molar-refractivity contribution in [2.24, 2.45) is 0 Å². The standard InChI is InChI=1S/C18H15F2N5O2/c19-16(17(27)18(20)25-11-22-23-24-25)15-8-7-13(9-21-15)4-1-12-2-5-14(10-26)6-3-12/h2-3,5-9,11,16-18,26-27H,10H2. The number of hydrogen-bond acceptors (Lipinski definition) is 6. The summed E-state index contributed by atoms with van der Waals surface area (Å²) in [7, 11) is 0. The van der Waals surface area contributed by atoms with Crippen molar-refractivity contribution in [3.05, 3.63) is 71.3 Å². The lowest BCUT2D eigenvalue weighted by atomic mass is 10.1. The number of alkyl halides is 2. The SMILES string of the molecule is OCc1ccc(C#Cc2ccc(C(F)C(O)C(F)n3cnnn3)nc2)cc1. The lowest BCUT2D eigenvalue weighted by Crippen LogP contribution is -2.26. The molecule has 0 radical (unpaired) electrons. The molecule has 1 aromatic carbocycles. The van der Waals surface area contributed by atoms with E-state index in [4.69, 9.17) is 5.11 Å². The normalized spacial score (nSPS) is 14.1. The lowest BCUT2D eigenvalue weighted by molar-refractivity contribution is -0.0294. The molecule has 2 N–H and O–H groups in total. The second-order valence-electron chi connectivity index (χ2n) is 5.63. The van der Waals surface area contributed by atoms with Crippen LogP contribution in [0.2, 0.25) is 0 Å². The van der Waals surface area contributed by atoms with Crippen LogP contribution in [-0.2, 0) is 6.61 Å². The Kier molecular flexibility index (Phi) is 5.80. The van der Waals surface area contributed by atoms with Crippen LogP contribution in [0.25, 0.3) is 0 Å². The largest absolute Gasteiger partial charge is 0.392 e. The summed E-state index contributed by atoms with van der Waals surface area (Å²) >= 11 is 0. The van der Waals surface area contributed by atoms with E-state index in [1.165, 1.54) is 18.3 Å². The molecule has 0 saturated heterocycles. The number of rotatable bonds is 5. The Bertz CT molecular complexity index is 921. The molecule has 0 saturated carbocycles. The summed E-state index contributed by atoms with van der Waals surface area (Å²) < 4.78 is 29.0. The van der Waals surface area contributed by atoms with Gasteiger partial charge in [-0.2, -0.15) is 4.68 Å². The van der Waals surface area contributed by atoms with Crippen LogP contribution in [0.15, 0.2) is 48.9 Å². The van der Waals surface area contributed by atoms with Crippen LogP contribution < -0.4 is 0 Å². The molecule has 3 rings (SSSR count). The highest BCUT2D eigenvalue weighted by molar-refractivity contribution is 5.42. The molecule has 138 valence electrons. The Morgan fingerprint density at radius 3 is 2.33 bits per heavy atom. The molecule has 0 bridgehead atoms. The number of tetrazole rings is 1. The summed E-state index contributed by atoms with van der Waals surface area (Å²) in [5.41, 5.74) is 1.93. The van der Waals surface area contributed by atoms with Gasteiger partial charge in [-0.15, -0.1) is 5.10 Å². The quantitative estimate of drug-likeness (QED) is 0.660. The number of hydrogen-bond donors (Lipinski definition) is 2. The van der Waals surface area contributed by atoms with Gasteiger partial charge >= 0.3 is 0 Å². The molecule has 27 heavy (non-hydrogen) atoms. The van der Waals surface area contributed by atoms with E-state index < -0.39 is 18.6 Å². The van der Waals surface area contributed by atoms with E-state index in [9.17, 15) is 13.9 Å². The first-order chi connectivity index (χ1) is 13.1. The van der Waals surface area contributed by atoms with E-state index in [1.54, 1.807) is 24.3 Å². The molecule has 0 amide bonds. The third kappa shape index (κ3) is 4.49. The molecule has 0 aliphatic heterocycles. The Morgan fingerprint density at radius 2 is 1.74 bits per heavy atom. The molecule has 3 aromatic rings. The number of aliphatic hydroxyl groups is 2. The smallest absolute Gasteiger partial charge is 0.224 e. The minimum Gasteiger partial charge on any atom is -0.392 e. The van der Waals surface area contributed by atoms with Crippen LogP contribution in [0.1, 0.15) is 34.9 Å². The highest BCUT2D eigenvalue weighted by atomic mass is 19.1. The van der Waals surface area contributed by atoms with Gasteiger partial charge in [0.05, 0.1) is 12.3 Å². The number of aromatic nitrogens is 5. The predicted molar refractivity (Wildman–Crippen MR) is 90.4 cm³/mol. The van der Waals surface area contributed by atoms with E-state index >= 15 is 0 Å². The Labute approximate surface area is 153 Å². The Hall–Kier alpha value is -3.22. The first kappa shape index (κ1) is 18.6. The van der Waals surface area contributed by atoms with Gasteiger partial charge in [0.2, 0.25) is 6.30 Å². The zero-order valence-corrected chi connectivity index (χ0v) is 13.9. The fourth-order valence-electron chi connectivity index (χ4n) is 2.23.